The van der Waals surface area contributed by atoms with Crippen molar-refractivity contribution in [1.82, 2.24) is 14.8 Å². The standard InChI is InChI=1S/C32H41F3N4O5/c1-19-23(7-6-8-25(19)32(33,34)35)20(2)36-28(41)24-16-39(22-9-11-43-12-10-22)27(40)13-26(24)37-21-14-31(15-21)17-38(18-31)29(42)44-30(3,4)5/h6-8,13,16,20-22,37H,9-12,14-15,17-18H2,1-5H3,(H,36,41)/t20-/m1/s1. The number of nitrogens with one attached hydrogen (secondary N) is 2. The van der Waals surface area contributed by atoms with Crippen LogP contribution in [0, 0.1) is 12.3 Å². The highest BCUT2D eigenvalue weighted by Gasteiger charge is 2.54. The van der Waals surface area contributed by atoms with Crippen LogP contribution in [-0.2, 0) is 15.7 Å². The SMILES string of the molecule is Cc1c([C@@H](C)NC(=O)c2cn(C3CCOCC3)c(=O)cc2NC2CC3(C2)CN(C(=O)OC(C)(C)C)C3)cccc1C(F)(F)F. The molecule has 9 nitrogen and oxygen atoms in total. The van der Waals surface area contributed by atoms with Crippen LogP contribution in [0.1, 0.15) is 92.5 Å². The number of pyridine rings is 1. The van der Waals surface area contributed by atoms with Gasteiger partial charge >= 0.3 is 12.3 Å². The second-order valence-corrected chi connectivity index (χ2v) is 13.5. The monoisotopic (exact) mass is 618 g/mol. The summed E-state index contributed by atoms with van der Waals surface area (Å²) in [6.07, 6.45) is -0.499. The maximum absolute atomic E-state index is 13.7. The Balaban J connectivity index is 1.33. The third kappa shape index (κ3) is 6.74. The van der Waals surface area contributed by atoms with Gasteiger partial charge in [-0.2, -0.15) is 13.2 Å². The fraction of sp³-hybridized carbons (Fsp3) is 0.594. The largest absolute Gasteiger partial charge is 0.444 e. The molecule has 1 aliphatic carbocycles. The number of aromatic nitrogens is 1. The average Bonchev–Trinajstić information content (AvgIpc) is 2.88. The van der Waals surface area contributed by atoms with Crippen LogP contribution in [0.25, 0.3) is 0 Å². The molecule has 2 aliphatic heterocycles. The van der Waals surface area contributed by atoms with Gasteiger partial charge < -0.3 is 29.6 Å². The summed E-state index contributed by atoms with van der Waals surface area (Å²) in [5, 5.41) is 6.24. The van der Waals surface area contributed by atoms with Crippen molar-refractivity contribution in [1.29, 1.82) is 0 Å². The van der Waals surface area contributed by atoms with E-state index in [1.165, 1.54) is 19.1 Å². The lowest BCUT2D eigenvalue weighted by atomic mass is 9.60. The van der Waals surface area contributed by atoms with Crippen molar-refractivity contribution in [2.24, 2.45) is 5.41 Å². The molecule has 0 bridgehead atoms. The van der Waals surface area contributed by atoms with Gasteiger partial charge in [0.15, 0.2) is 0 Å². The zero-order valence-electron chi connectivity index (χ0n) is 25.8. The second-order valence-electron chi connectivity index (χ2n) is 13.5. The molecule has 240 valence electrons. The number of benzene rings is 1. The van der Waals surface area contributed by atoms with E-state index in [-0.39, 0.29) is 40.3 Å². The van der Waals surface area contributed by atoms with Crippen LogP contribution in [0.3, 0.4) is 0 Å². The maximum Gasteiger partial charge on any atom is 0.416 e. The van der Waals surface area contributed by atoms with Gasteiger partial charge in [0.25, 0.3) is 11.5 Å². The highest BCUT2D eigenvalue weighted by Crippen LogP contribution is 2.49. The number of halogens is 3. The molecule has 0 radical (unpaired) electrons. The predicted octanol–water partition coefficient (Wildman–Crippen LogP) is 5.83. The molecule has 1 aromatic heterocycles. The molecule has 1 saturated carbocycles. The molecule has 2 aromatic rings. The highest BCUT2D eigenvalue weighted by atomic mass is 19.4. The average molecular weight is 619 g/mol. The second kappa shape index (κ2) is 11.8. The Hall–Kier alpha value is -3.54. The number of alkyl halides is 3. The van der Waals surface area contributed by atoms with Crippen molar-refractivity contribution >= 4 is 17.7 Å². The van der Waals surface area contributed by atoms with Gasteiger partial charge in [0.05, 0.1) is 22.9 Å². The first kappa shape index (κ1) is 31.9. The van der Waals surface area contributed by atoms with Crippen LogP contribution in [0.2, 0.25) is 0 Å². The highest BCUT2D eigenvalue weighted by molar-refractivity contribution is 5.99. The number of hydrogen-bond donors (Lipinski definition) is 2. The molecule has 3 heterocycles. The number of carbonyl (C=O) groups excluding carboxylic acids is 2. The van der Waals surface area contributed by atoms with E-state index >= 15 is 0 Å². The van der Waals surface area contributed by atoms with Crippen molar-refractivity contribution in [2.75, 3.05) is 31.6 Å². The first-order valence-corrected chi connectivity index (χ1v) is 15.1. The number of carbonyl (C=O) groups is 2. The fourth-order valence-electron chi connectivity index (χ4n) is 6.66. The van der Waals surface area contributed by atoms with Gasteiger partial charge in [-0.05, 0) is 77.5 Å². The zero-order chi connectivity index (χ0) is 32.0. The van der Waals surface area contributed by atoms with Crippen molar-refractivity contribution < 1.29 is 32.2 Å². The molecule has 12 heteroatoms. The fourth-order valence-corrected chi connectivity index (χ4v) is 6.66. The van der Waals surface area contributed by atoms with E-state index in [1.807, 2.05) is 20.8 Å². The molecule has 1 atom stereocenters. The molecule has 1 aromatic carbocycles. The smallest absolute Gasteiger partial charge is 0.416 e. The van der Waals surface area contributed by atoms with Gasteiger partial charge in [0, 0.05) is 56.1 Å². The Bertz CT molecular complexity index is 1460. The van der Waals surface area contributed by atoms with Crippen molar-refractivity contribution in [3.05, 3.63) is 63.1 Å². The first-order valence-electron chi connectivity index (χ1n) is 15.1. The lowest BCUT2D eigenvalue weighted by molar-refractivity contribution is -0.138. The zero-order valence-corrected chi connectivity index (χ0v) is 25.8. The molecule has 5 rings (SSSR count). The molecule has 3 fully saturated rings. The van der Waals surface area contributed by atoms with Gasteiger partial charge in [0.2, 0.25) is 0 Å². The lowest BCUT2D eigenvalue weighted by Gasteiger charge is -2.58. The van der Waals surface area contributed by atoms with E-state index in [9.17, 15) is 27.6 Å². The van der Waals surface area contributed by atoms with E-state index in [2.05, 4.69) is 10.6 Å². The number of amides is 2. The normalized spacial score (nSPS) is 19.6. The molecular formula is C32H41F3N4O5. The van der Waals surface area contributed by atoms with Gasteiger partial charge in [0.1, 0.15) is 5.60 Å². The summed E-state index contributed by atoms with van der Waals surface area (Å²) >= 11 is 0. The van der Waals surface area contributed by atoms with Crippen molar-refractivity contribution in [3.63, 3.8) is 0 Å². The summed E-state index contributed by atoms with van der Waals surface area (Å²) in [6, 6.07) is 4.52. The predicted molar refractivity (Wildman–Crippen MR) is 159 cm³/mol. The lowest BCUT2D eigenvalue weighted by Crippen LogP contribution is -2.66. The van der Waals surface area contributed by atoms with Gasteiger partial charge in [-0.1, -0.05) is 12.1 Å². The number of likely N-dealkylation sites (tertiary alicyclic amines) is 1. The summed E-state index contributed by atoms with van der Waals surface area (Å²) in [7, 11) is 0. The van der Waals surface area contributed by atoms with Gasteiger partial charge in [-0.3, -0.25) is 9.59 Å². The molecule has 0 unspecified atom stereocenters. The molecule has 44 heavy (non-hydrogen) atoms. The van der Waals surface area contributed by atoms with Gasteiger partial charge in [-0.15, -0.1) is 0 Å². The number of hydrogen-bond acceptors (Lipinski definition) is 6. The number of rotatable bonds is 6. The summed E-state index contributed by atoms with van der Waals surface area (Å²) < 4.78 is 53.1. The Morgan fingerprint density at radius 3 is 2.39 bits per heavy atom. The van der Waals surface area contributed by atoms with E-state index in [4.69, 9.17) is 9.47 Å². The Kier molecular flexibility index (Phi) is 8.52. The van der Waals surface area contributed by atoms with E-state index in [1.54, 1.807) is 28.7 Å². The number of ether oxygens (including phenoxy) is 2. The Labute approximate surface area is 255 Å². The molecule has 1 spiro atoms. The Morgan fingerprint density at radius 1 is 1.11 bits per heavy atom. The number of nitrogens with zero attached hydrogens (tertiary/aromatic N) is 2. The maximum atomic E-state index is 13.7. The van der Waals surface area contributed by atoms with E-state index in [0.29, 0.717) is 50.4 Å². The minimum absolute atomic E-state index is 0.0104. The van der Waals surface area contributed by atoms with Crippen LogP contribution < -0.4 is 16.2 Å². The molecule has 3 aliphatic rings. The molecule has 2 amide bonds. The van der Waals surface area contributed by atoms with Crippen LogP contribution in [-0.4, -0.2) is 59.4 Å². The van der Waals surface area contributed by atoms with Gasteiger partial charge in [-0.25, -0.2) is 4.79 Å². The topological polar surface area (TPSA) is 102 Å². The van der Waals surface area contributed by atoms with Crippen molar-refractivity contribution in [3.8, 4) is 0 Å². The summed E-state index contributed by atoms with van der Waals surface area (Å²) in [5.74, 6) is -0.494. The number of anilines is 1. The van der Waals surface area contributed by atoms with Crippen molar-refractivity contribution in [2.45, 2.75) is 90.2 Å². The minimum Gasteiger partial charge on any atom is -0.444 e. The third-order valence-corrected chi connectivity index (χ3v) is 8.83. The quantitative estimate of drug-likeness (QED) is 0.423. The molecular weight excluding hydrogens is 577 g/mol. The Morgan fingerprint density at radius 2 is 1.77 bits per heavy atom. The molecule has 2 N–H and O–H groups in total. The van der Waals surface area contributed by atoms with Crippen LogP contribution in [0.5, 0.6) is 0 Å². The van der Waals surface area contributed by atoms with E-state index in [0.717, 1.165) is 18.9 Å². The summed E-state index contributed by atoms with van der Waals surface area (Å²) in [5.41, 5.74) is -0.533. The first-order chi connectivity index (χ1) is 20.6. The van der Waals surface area contributed by atoms with Crippen LogP contribution in [0.4, 0.5) is 23.7 Å². The van der Waals surface area contributed by atoms with Crippen LogP contribution >= 0.6 is 0 Å². The summed E-state index contributed by atoms with van der Waals surface area (Å²) in [4.78, 5) is 41.0. The third-order valence-electron chi connectivity index (χ3n) is 8.83. The van der Waals surface area contributed by atoms with Crippen LogP contribution in [0.15, 0.2) is 35.3 Å². The summed E-state index contributed by atoms with van der Waals surface area (Å²) in [6.45, 7) is 10.7. The minimum atomic E-state index is -4.51. The molecule has 2 saturated heterocycles. The van der Waals surface area contributed by atoms with E-state index < -0.39 is 29.3 Å².